The zero-order valence-corrected chi connectivity index (χ0v) is 15.5. The number of benzene rings is 2. The summed E-state index contributed by atoms with van der Waals surface area (Å²) < 4.78 is 6.15. The molecule has 132 valence electrons. The monoisotopic (exact) mass is 344 g/mol. The molecule has 3 heteroatoms. The minimum atomic E-state index is 0.688. The van der Waals surface area contributed by atoms with Crippen molar-refractivity contribution in [2.75, 3.05) is 13.1 Å². The van der Waals surface area contributed by atoms with Crippen molar-refractivity contribution in [3.05, 3.63) is 59.4 Å². The van der Waals surface area contributed by atoms with Crippen LogP contribution in [0.5, 0.6) is 0 Å². The molecule has 0 spiro atoms. The Morgan fingerprint density at radius 2 is 1.96 bits per heavy atom. The number of nitrogens with zero attached hydrogens (tertiary/aromatic N) is 2. The average Bonchev–Trinajstić information content (AvgIpc) is 3.26. The number of hydrogen-bond acceptors (Lipinski definition) is 3. The van der Waals surface area contributed by atoms with Crippen molar-refractivity contribution in [2.45, 2.75) is 39.2 Å². The Bertz CT molecular complexity index is 962. The van der Waals surface area contributed by atoms with Gasteiger partial charge in [0, 0.05) is 24.4 Å². The Hall–Kier alpha value is -2.57. The Kier molecular flexibility index (Phi) is 4.53. The third kappa shape index (κ3) is 3.25. The maximum Gasteiger partial charge on any atom is 0.137 e. The van der Waals surface area contributed by atoms with Crippen LogP contribution in [0.4, 0.5) is 0 Å². The molecule has 2 heterocycles. The van der Waals surface area contributed by atoms with E-state index in [0.717, 1.165) is 40.8 Å². The molecule has 3 aromatic rings. The highest BCUT2D eigenvalue weighted by Gasteiger charge is 2.20. The molecule has 0 saturated carbocycles. The molecule has 2 aromatic carbocycles. The topological polar surface area (TPSA) is 40.2 Å². The number of likely N-dealkylation sites (tertiary alicyclic amines) is 1. The Balaban J connectivity index is 1.59. The van der Waals surface area contributed by atoms with Crippen molar-refractivity contribution in [3.8, 4) is 17.2 Å². The van der Waals surface area contributed by atoms with E-state index >= 15 is 0 Å². The first-order chi connectivity index (χ1) is 12.6. The van der Waals surface area contributed by atoms with E-state index in [2.05, 4.69) is 43.0 Å². The number of fused-ring (bicyclic) bond motifs is 1. The second-order valence-corrected chi connectivity index (χ2v) is 7.39. The van der Waals surface area contributed by atoms with Crippen LogP contribution in [0.3, 0.4) is 0 Å². The zero-order valence-electron chi connectivity index (χ0n) is 15.5. The predicted octanol–water partition coefficient (Wildman–Crippen LogP) is 5.31. The average molecular weight is 344 g/mol. The van der Waals surface area contributed by atoms with Gasteiger partial charge >= 0.3 is 0 Å². The lowest BCUT2D eigenvalue weighted by Gasteiger charge is -2.19. The Morgan fingerprint density at radius 1 is 1.15 bits per heavy atom. The molecule has 1 aliphatic heterocycles. The third-order valence-corrected chi connectivity index (χ3v) is 5.54. The van der Waals surface area contributed by atoms with Crippen LogP contribution >= 0.6 is 0 Å². The second-order valence-electron chi connectivity index (χ2n) is 7.39. The molecule has 1 fully saturated rings. The minimum absolute atomic E-state index is 0.688. The number of nitriles is 1. The summed E-state index contributed by atoms with van der Waals surface area (Å²) in [7, 11) is 0. The van der Waals surface area contributed by atoms with Gasteiger partial charge in [-0.1, -0.05) is 12.1 Å². The van der Waals surface area contributed by atoms with Crippen molar-refractivity contribution in [1.29, 1.82) is 5.26 Å². The van der Waals surface area contributed by atoms with Crippen molar-refractivity contribution in [2.24, 2.45) is 0 Å². The maximum atomic E-state index is 8.97. The number of hydrogen-bond donors (Lipinski definition) is 0. The van der Waals surface area contributed by atoms with Crippen LogP contribution in [0.2, 0.25) is 0 Å². The normalized spacial score (nSPS) is 17.7. The minimum Gasteiger partial charge on any atom is -0.461 e. The molecular weight excluding hydrogens is 320 g/mol. The number of rotatable bonds is 4. The first-order valence-electron chi connectivity index (χ1n) is 9.42. The smallest absolute Gasteiger partial charge is 0.137 e. The summed E-state index contributed by atoms with van der Waals surface area (Å²) in [6, 6.07) is 17.2. The SMILES string of the molecule is Cc1cc(-c2ccc(C#N)cc2)cc2cc(CCN3CCC[C@H]3C)oc12. The van der Waals surface area contributed by atoms with Gasteiger partial charge in [-0.05, 0) is 80.3 Å². The highest BCUT2D eigenvalue weighted by Crippen LogP contribution is 2.30. The predicted molar refractivity (Wildman–Crippen MR) is 105 cm³/mol. The van der Waals surface area contributed by atoms with Gasteiger partial charge in [-0.25, -0.2) is 0 Å². The summed E-state index contributed by atoms with van der Waals surface area (Å²) in [5.41, 5.74) is 5.13. The molecule has 0 aliphatic carbocycles. The van der Waals surface area contributed by atoms with Crippen LogP contribution in [0.25, 0.3) is 22.1 Å². The van der Waals surface area contributed by atoms with Gasteiger partial charge in [-0.2, -0.15) is 5.26 Å². The molecule has 0 N–H and O–H groups in total. The van der Waals surface area contributed by atoms with Crippen LogP contribution in [-0.2, 0) is 6.42 Å². The molecule has 1 saturated heterocycles. The van der Waals surface area contributed by atoms with E-state index in [1.165, 1.54) is 24.9 Å². The summed E-state index contributed by atoms with van der Waals surface area (Å²) in [6.07, 6.45) is 3.59. The van der Waals surface area contributed by atoms with Crippen LogP contribution in [0.15, 0.2) is 46.9 Å². The van der Waals surface area contributed by atoms with Crippen LogP contribution in [-0.4, -0.2) is 24.0 Å². The van der Waals surface area contributed by atoms with Crippen LogP contribution in [0.1, 0.15) is 36.7 Å². The summed E-state index contributed by atoms with van der Waals surface area (Å²) in [4.78, 5) is 2.56. The lowest BCUT2D eigenvalue weighted by atomic mass is 10.0. The first-order valence-corrected chi connectivity index (χ1v) is 9.42. The summed E-state index contributed by atoms with van der Waals surface area (Å²) in [5.74, 6) is 1.07. The van der Waals surface area contributed by atoms with Crippen molar-refractivity contribution < 1.29 is 4.42 Å². The van der Waals surface area contributed by atoms with Crippen molar-refractivity contribution in [1.82, 2.24) is 4.90 Å². The molecule has 1 aromatic heterocycles. The quantitative estimate of drug-likeness (QED) is 0.644. The Morgan fingerprint density at radius 3 is 2.65 bits per heavy atom. The fraction of sp³-hybridized carbons (Fsp3) is 0.348. The molecular formula is C23H24N2O. The van der Waals surface area contributed by atoms with Gasteiger partial charge in [0.05, 0.1) is 11.6 Å². The highest BCUT2D eigenvalue weighted by molar-refractivity contribution is 5.87. The van der Waals surface area contributed by atoms with E-state index in [1.807, 2.05) is 24.3 Å². The summed E-state index contributed by atoms with van der Waals surface area (Å²) >= 11 is 0. The van der Waals surface area contributed by atoms with Crippen molar-refractivity contribution >= 4 is 11.0 Å². The largest absolute Gasteiger partial charge is 0.461 e. The maximum absolute atomic E-state index is 8.97. The Labute approximate surface area is 154 Å². The van der Waals surface area contributed by atoms with E-state index in [4.69, 9.17) is 9.68 Å². The van der Waals surface area contributed by atoms with Crippen LogP contribution < -0.4 is 0 Å². The molecule has 0 unspecified atom stereocenters. The van der Waals surface area contributed by atoms with Gasteiger partial charge in [0.1, 0.15) is 11.3 Å². The molecule has 0 amide bonds. The van der Waals surface area contributed by atoms with Gasteiger partial charge < -0.3 is 9.32 Å². The van der Waals surface area contributed by atoms with E-state index in [9.17, 15) is 0 Å². The van der Waals surface area contributed by atoms with E-state index in [0.29, 0.717) is 11.6 Å². The van der Waals surface area contributed by atoms with Gasteiger partial charge in [0.25, 0.3) is 0 Å². The standard InChI is InChI=1S/C23H24N2O/c1-16-12-20(19-7-5-18(15-24)6-8-19)13-21-14-22(26-23(16)21)9-11-25-10-3-4-17(25)2/h5-8,12-14,17H,3-4,9-11H2,1-2H3/t17-/m1/s1. The molecule has 4 rings (SSSR count). The summed E-state index contributed by atoms with van der Waals surface area (Å²) in [5, 5.41) is 10.1. The fourth-order valence-corrected chi connectivity index (χ4v) is 3.99. The summed E-state index contributed by atoms with van der Waals surface area (Å²) in [6.45, 7) is 6.71. The van der Waals surface area contributed by atoms with Crippen LogP contribution in [0, 0.1) is 18.3 Å². The number of aryl methyl sites for hydroxylation is 1. The van der Waals surface area contributed by atoms with Gasteiger partial charge in [0.2, 0.25) is 0 Å². The highest BCUT2D eigenvalue weighted by atomic mass is 16.3. The van der Waals surface area contributed by atoms with Gasteiger partial charge in [-0.3, -0.25) is 0 Å². The molecule has 0 bridgehead atoms. The third-order valence-electron chi connectivity index (χ3n) is 5.54. The molecule has 3 nitrogen and oxygen atoms in total. The fourth-order valence-electron chi connectivity index (χ4n) is 3.99. The van der Waals surface area contributed by atoms with Gasteiger partial charge in [-0.15, -0.1) is 0 Å². The molecule has 0 radical (unpaired) electrons. The van der Waals surface area contributed by atoms with Gasteiger partial charge in [0.15, 0.2) is 0 Å². The first kappa shape index (κ1) is 16.9. The van der Waals surface area contributed by atoms with E-state index in [-0.39, 0.29) is 0 Å². The molecule has 1 atom stereocenters. The van der Waals surface area contributed by atoms with E-state index in [1.54, 1.807) is 0 Å². The van der Waals surface area contributed by atoms with E-state index < -0.39 is 0 Å². The lowest BCUT2D eigenvalue weighted by Crippen LogP contribution is -2.28. The molecule has 1 aliphatic rings. The zero-order chi connectivity index (χ0) is 18.1. The molecule has 26 heavy (non-hydrogen) atoms. The second kappa shape index (κ2) is 6.97. The van der Waals surface area contributed by atoms with Crippen molar-refractivity contribution in [3.63, 3.8) is 0 Å². The lowest BCUT2D eigenvalue weighted by molar-refractivity contribution is 0.266. The number of furan rings is 1.